The van der Waals surface area contributed by atoms with E-state index < -0.39 is 0 Å². The highest BCUT2D eigenvalue weighted by Crippen LogP contribution is 2.16. The molecule has 0 unspecified atom stereocenters. The first-order chi connectivity index (χ1) is 6.33. The van der Waals surface area contributed by atoms with E-state index in [0.29, 0.717) is 6.54 Å². The molecule has 2 nitrogen and oxygen atoms in total. The molecule has 0 spiro atoms. The van der Waals surface area contributed by atoms with Crippen LogP contribution in [-0.4, -0.2) is 11.8 Å². The first-order valence-corrected chi connectivity index (χ1v) is 4.76. The Hall–Kier alpha value is -1.22. The molecule has 0 aromatic heterocycles. The summed E-state index contributed by atoms with van der Waals surface area (Å²) >= 11 is 1.19. The topological polar surface area (TPSA) is 29.1 Å². The predicted molar refractivity (Wildman–Crippen MR) is 55.9 cm³/mol. The number of hydrogen-bond donors (Lipinski definition) is 1. The lowest BCUT2D eigenvalue weighted by Crippen LogP contribution is -2.17. The van der Waals surface area contributed by atoms with E-state index >= 15 is 0 Å². The van der Waals surface area contributed by atoms with Gasteiger partial charge in [-0.1, -0.05) is 24.3 Å². The summed E-state index contributed by atoms with van der Waals surface area (Å²) in [6, 6.07) is 9.54. The molecule has 0 aliphatic carbocycles. The van der Waals surface area contributed by atoms with E-state index in [1.165, 1.54) is 11.8 Å². The van der Waals surface area contributed by atoms with Crippen LogP contribution in [0.25, 0.3) is 0 Å². The fraction of sp³-hybridized carbons (Fsp3) is 0.100. The Balaban J connectivity index is 2.41. The molecule has 0 radical (unpaired) electrons. The molecular formula is C10H11NOS. The molecule has 0 fully saturated rings. The van der Waals surface area contributed by atoms with Crippen molar-refractivity contribution in [2.75, 3.05) is 6.54 Å². The molecule has 13 heavy (non-hydrogen) atoms. The average molecular weight is 193 g/mol. The first kappa shape index (κ1) is 9.86. The quantitative estimate of drug-likeness (QED) is 0.590. The third kappa shape index (κ3) is 3.80. The van der Waals surface area contributed by atoms with E-state index in [1.807, 2.05) is 30.3 Å². The van der Waals surface area contributed by atoms with Gasteiger partial charge in [-0.05, 0) is 23.9 Å². The lowest BCUT2D eigenvalue weighted by molar-refractivity contribution is 0.261. The molecule has 0 aliphatic rings. The lowest BCUT2D eigenvalue weighted by atomic mass is 10.4. The molecule has 3 heteroatoms. The SMILES string of the molecule is C=CCNC(=O)Sc1ccccc1. The number of nitrogens with one attached hydrogen (secondary N) is 1. The Kier molecular flexibility index (Phi) is 4.12. The number of hydrogen-bond acceptors (Lipinski definition) is 2. The van der Waals surface area contributed by atoms with Crippen LogP contribution in [0, 0.1) is 0 Å². The van der Waals surface area contributed by atoms with Crippen LogP contribution in [0.1, 0.15) is 0 Å². The maximum atomic E-state index is 11.2. The Morgan fingerprint density at radius 2 is 2.15 bits per heavy atom. The van der Waals surface area contributed by atoms with Crippen molar-refractivity contribution < 1.29 is 4.79 Å². The Bertz CT molecular complexity index is 284. The molecule has 1 N–H and O–H groups in total. The first-order valence-electron chi connectivity index (χ1n) is 3.94. The van der Waals surface area contributed by atoms with Crippen molar-refractivity contribution in [3.8, 4) is 0 Å². The minimum atomic E-state index is -0.0499. The zero-order valence-electron chi connectivity index (χ0n) is 7.19. The number of rotatable bonds is 3. The zero-order valence-corrected chi connectivity index (χ0v) is 8.01. The van der Waals surface area contributed by atoms with Crippen LogP contribution >= 0.6 is 11.8 Å². The van der Waals surface area contributed by atoms with E-state index in [9.17, 15) is 4.79 Å². The Morgan fingerprint density at radius 1 is 1.46 bits per heavy atom. The van der Waals surface area contributed by atoms with Crippen molar-refractivity contribution in [1.82, 2.24) is 5.32 Å². The van der Waals surface area contributed by atoms with Gasteiger partial charge in [0.1, 0.15) is 0 Å². The van der Waals surface area contributed by atoms with E-state index in [2.05, 4.69) is 11.9 Å². The molecule has 0 heterocycles. The van der Waals surface area contributed by atoms with Gasteiger partial charge in [-0.3, -0.25) is 4.79 Å². The van der Waals surface area contributed by atoms with Gasteiger partial charge in [0.2, 0.25) is 0 Å². The molecule has 1 amide bonds. The second kappa shape index (κ2) is 5.43. The summed E-state index contributed by atoms with van der Waals surface area (Å²) in [5, 5.41) is 2.64. The van der Waals surface area contributed by atoms with Gasteiger partial charge in [-0.2, -0.15) is 0 Å². The summed E-state index contributed by atoms with van der Waals surface area (Å²) in [7, 11) is 0. The van der Waals surface area contributed by atoms with E-state index in [-0.39, 0.29) is 5.24 Å². The Labute approximate surface area is 82.0 Å². The predicted octanol–water partition coefficient (Wildman–Crippen LogP) is 2.67. The monoisotopic (exact) mass is 193 g/mol. The maximum Gasteiger partial charge on any atom is 0.284 e. The largest absolute Gasteiger partial charge is 0.343 e. The number of carbonyl (C=O) groups is 1. The van der Waals surface area contributed by atoms with Crippen molar-refractivity contribution in [3.63, 3.8) is 0 Å². The summed E-state index contributed by atoms with van der Waals surface area (Å²) in [5.74, 6) is 0. The number of thioether (sulfide) groups is 1. The highest BCUT2D eigenvalue weighted by atomic mass is 32.2. The van der Waals surface area contributed by atoms with Crippen LogP contribution in [0.15, 0.2) is 47.9 Å². The van der Waals surface area contributed by atoms with Crippen LogP contribution in [0.3, 0.4) is 0 Å². The molecule has 68 valence electrons. The van der Waals surface area contributed by atoms with Crippen molar-refractivity contribution >= 4 is 17.0 Å². The van der Waals surface area contributed by atoms with E-state index in [4.69, 9.17) is 0 Å². The van der Waals surface area contributed by atoms with Crippen molar-refractivity contribution in [2.45, 2.75) is 4.90 Å². The van der Waals surface area contributed by atoms with Crippen molar-refractivity contribution in [1.29, 1.82) is 0 Å². The molecule has 1 aromatic rings. The number of amides is 1. The summed E-state index contributed by atoms with van der Waals surface area (Å²) in [5.41, 5.74) is 0. The standard InChI is InChI=1S/C10H11NOS/c1-2-8-11-10(12)13-9-6-4-3-5-7-9/h2-7H,1,8H2,(H,11,12). The summed E-state index contributed by atoms with van der Waals surface area (Å²) < 4.78 is 0. The smallest absolute Gasteiger partial charge is 0.284 e. The number of benzene rings is 1. The molecular weight excluding hydrogens is 182 g/mol. The van der Waals surface area contributed by atoms with Crippen LogP contribution in [-0.2, 0) is 0 Å². The molecule has 0 bridgehead atoms. The third-order valence-electron chi connectivity index (χ3n) is 1.34. The molecule has 1 rings (SSSR count). The van der Waals surface area contributed by atoms with Crippen LogP contribution in [0.2, 0.25) is 0 Å². The maximum absolute atomic E-state index is 11.2. The Morgan fingerprint density at radius 3 is 2.77 bits per heavy atom. The van der Waals surface area contributed by atoms with Gasteiger partial charge in [0.15, 0.2) is 0 Å². The lowest BCUT2D eigenvalue weighted by Gasteiger charge is -2.00. The van der Waals surface area contributed by atoms with Gasteiger partial charge in [-0.15, -0.1) is 6.58 Å². The molecule has 1 aromatic carbocycles. The summed E-state index contributed by atoms with van der Waals surface area (Å²) in [6.45, 7) is 4.03. The molecule has 0 saturated heterocycles. The van der Waals surface area contributed by atoms with Gasteiger partial charge in [0.25, 0.3) is 5.24 Å². The average Bonchev–Trinajstić information content (AvgIpc) is 2.16. The zero-order chi connectivity index (χ0) is 9.52. The minimum Gasteiger partial charge on any atom is -0.343 e. The van der Waals surface area contributed by atoms with Crippen molar-refractivity contribution in [3.05, 3.63) is 43.0 Å². The number of carbonyl (C=O) groups excluding carboxylic acids is 1. The van der Waals surface area contributed by atoms with Crippen molar-refractivity contribution in [2.24, 2.45) is 0 Å². The van der Waals surface area contributed by atoms with Gasteiger partial charge >= 0.3 is 0 Å². The van der Waals surface area contributed by atoms with Crippen LogP contribution in [0.4, 0.5) is 4.79 Å². The van der Waals surface area contributed by atoms with Gasteiger partial charge in [0, 0.05) is 11.4 Å². The van der Waals surface area contributed by atoms with Gasteiger partial charge in [0.05, 0.1) is 0 Å². The second-order valence-corrected chi connectivity index (χ2v) is 3.42. The summed E-state index contributed by atoms with van der Waals surface area (Å²) in [6.07, 6.45) is 1.66. The van der Waals surface area contributed by atoms with Crippen LogP contribution in [0.5, 0.6) is 0 Å². The molecule has 0 atom stereocenters. The van der Waals surface area contributed by atoms with E-state index in [0.717, 1.165) is 4.90 Å². The normalized spacial score (nSPS) is 9.23. The van der Waals surface area contributed by atoms with Gasteiger partial charge < -0.3 is 5.32 Å². The van der Waals surface area contributed by atoms with E-state index in [1.54, 1.807) is 6.08 Å². The molecule has 0 saturated carbocycles. The van der Waals surface area contributed by atoms with Gasteiger partial charge in [-0.25, -0.2) is 0 Å². The highest BCUT2D eigenvalue weighted by molar-refractivity contribution is 8.13. The second-order valence-electron chi connectivity index (χ2n) is 2.37. The third-order valence-corrected chi connectivity index (χ3v) is 2.18. The fourth-order valence-electron chi connectivity index (χ4n) is 0.787. The highest BCUT2D eigenvalue weighted by Gasteiger charge is 2.00. The van der Waals surface area contributed by atoms with Crippen LogP contribution < -0.4 is 5.32 Å². The molecule has 0 aliphatic heterocycles. The minimum absolute atomic E-state index is 0.0499. The fourth-order valence-corrected chi connectivity index (χ4v) is 1.45. The summed E-state index contributed by atoms with van der Waals surface area (Å²) in [4.78, 5) is 12.1.